The maximum absolute atomic E-state index is 12.9. The van der Waals surface area contributed by atoms with E-state index in [4.69, 9.17) is 16.3 Å². The minimum atomic E-state index is -1.11. The molecule has 1 saturated heterocycles. The molecule has 0 spiro atoms. The molecule has 0 unspecified atom stereocenters. The number of benzene rings is 1. The Kier molecular flexibility index (Phi) is 6.01. The third kappa shape index (κ3) is 4.58. The molecule has 3 rings (SSSR count). The average Bonchev–Trinajstić information content (AvgIpc) is 2.96. The van der Waals surface area contributed by atoms with E-state index in [1.807, 2.05) is 0 Å². The molecule has 0 aromatic heterocycles. The predicted molar refractivity (Wildman–Crippen MR) is 105 cm³/mol. The maximum atomic E-state index is 12.9. The number of amides is 3. The summed E-state index contributed by atoms with van der Waals surface area (Å²) >= 11 is 6.91. The molecule has 6 nitrogen and oxygen atoms in total. The van der Waals surface area contributed by atoms with Crippen molar-refractivity contribution in [1.29, 1.82) is 0 Å². The number of hydrogen-bond acceptors (Lipinski definition) is 5. The van der Waals surface area contributed by atoms with Crippen molar-refractivity contribution in [2.24, 2.45) is 0 Å². The standard InChI is InChI=1S/C19H23ClN2O4S/c1-19(2,26-13-9-7-12(20)8-10-13)17(24)21-14-5-3-4-6-15(14)22-16(23)11-27-18(22)25/h7-10,14-15H,3-6,11H2,1-2H3,(H,21,24)/t14-,15-/m0/s1. The molecule has 1 aliphatic carbocycles. The first-order valence-corrected chi connectivity index (χ1v) is 10.4. The van der Waals surface area contributed by atoms with Crippen molar-refractivity contribution in [2.75, 3.05) is 5.75 Å². The van der Waals surface area contributed by atoms with Crippen molar-refractivity contribution in [3.05, 3.63) is 29.3 Å². The summed E-state index contributed by atoms with van der Waals surface area (Å²) in [5, 5.41) is 3.38. The monoisotopic (exact) mass is 410 g/mol. The topological polar surface area (TPSA) is 75.7 Å². The molecule has 0 radical (unpaired) electrons. The molecule has 27 heavy (non-hydrogen) atoms. The number of thioether (sulfide) groups is 1. The zero-order valence-electron chi connectivity index (χ0n) is 15.4. The van der Waals surface area contributed by atoms with Crippen molar-refractivity contribution < 1.29 is 19.1 Å². The molecule has 2 fully saturated rings. The van der Waals surface area contributed by atoms with Gasteiger partial charge >= 0.3 is 0 Å². The molecule has 1 aromatic carbocycles. The molecule has 1 aromatic rings. The normalized spacial score (nSPS) is 23.4. The number of nitrogens with zero attached hydrogens (tertiary/aromatic N) is 1. The summed E-state index contributed by atoms with van der Waals surface area (Å²) in [5.41, 5.74) is -1.11. The summed E-state index contributed by atoms with van der Waals surface area (Å²) in [6.45, 7) is 3.38. The summed E-state index contributed by atoms with van der Waals surface area (Å²) in [6, 6.07) is 6.27. The second-order valence-corrected chi connectivity index (χ2v) is 8.68. The van der Waals surface area contributed by atoms with E-state index in [0.29, 0.717) is 17.2 Å². The van der Waals surface area contributed by atoms with Crippen molar-refractivity contribution in [3.8, 4) is 5.75 Å². The largest absolute Gasteiger partial charge is 0.478 e. The summed E-state index contributed by atoms with van der Waals surface area (Å²) < 4.78 is 5.84. The van der Waals surface area contributed by atoms with Gasteiger partial charge in [0.2, 0.25) is 5.91 Å². The number of imide groups is 1. The van der Waals surface area contributed by atoms with Crippen LogP contribution in [0.3, 0.4) is 0 Å². The van der Waals surface area contributed by atoms with E-state index in [1.54, 1.807) is 38.1 Å². The Morgan fingerprint density at radius 3 is 2.52 bits per heavy atom. The number of rotatable bonds is 5. The highest BCUT2D eigenvalue weighted by Crippen LogP contribution is 2.30. The van der Waals surface area contributed by atoms with E-state index >= 15 is 0 Å². The number of halogens is 1. The molecule has 1 saturated carbocycles. The van der Waals surface area contributed by atoms with Crippen LogP contribution in [-0.4, -0.2) is 45.4 Å². The van der Waals surface area contributed by atoms with E-state index in [2.05, 4.69) is 5.32 Å². The Hall–Kier alpha value is -1.73. The molecule has 8 heteroatoms. The quantitative estimate of drug-likeness (QED) is 0.802. The highest BCUT2D eigenvalue weighted by molar-refractivity contribution is 8.14. The molecular formula is C19H23ClN2O4S. The van der Waals surface area contributed by atoms with Crippen LogP contribution in [0, 0.1) is 0 Å². The van der Waals surface area contributed by atoms with Crippen LogP contribution >= 0.6 is 23.4 Å². The third-order valence-electron chi connectivity index (χ3n) is 4.90. The number of nitrogens with one attached hydrogen (secondary N) is 1. The molecule has 1 N–H and O–H groups in total. The molecule has 1 aliphatic heterocycles. The Morgan fingerprint density at radius 2 is 1.89 bits per heavy atom. The van der Waals surface area contributed by atoms with E-state index in [-0.39, 0.29) is 34.9 Å². The van der Waals surface area contributed by atoms with Gasteiger partial charge in [-0.1, -0.05) is 36.2 Å². The fourth-order valence-electron chi connectivity index (χ4n) is 3.46. The first-order valence-electron chi connectivity index (χ1n) is 9.02. The van der Waals surface area contributed by atoms with Crippen LogP contribution in [0.5, 0.6) is 5.75 Å². The second kappa shape index (κ2) is 8.10. The van der Waals surface area contributed by atoms with Crippen LogP contribution in [0.25, 0.3) is 0 Å². The predicted octanol–water partition coefficient (Wildman–Crippen LogP) is 3.62. The third-order valence-corrected chi connectivity index (χ3v) is 5.98. The lowest BCUT2D eigenvalue weighted by molar-refractivity contribution is -0.137. The van der Waals surface area contributed by atoms with E-state index < -0.39 is 5.60 Å². The average molecular weight is 411 g/mol. The highest BCUT2D eigenvalue weighted by Gasteiger charge is 2.42. The van der Waals surface area contributed by atoms with Gasteiger partial charge in [-0.3, -0.25) is 19.3 Å². The lowest BCUT2D eigenvalue weighted by atomic mass is 9.88. The molecule has 1 heterocycles. The summed E-state index contributed by atoms with van der Waals surface area (Å²) in [6.07, 6.45) is 3.32. The number of ether oxygens (including phenoxy) is 1. The van der Waals surface area contributed by atoms with Gasteiger partial charge in [-0.2, -0.15) is 0 Å². The van der Waals surface area contributed by atoms with Crippen LogP contribution in [0.15, 0.2) is 24.3 Å². The van der Waals surface area contributed by atoms with Crippen molar-refractivity contribution in [2.45, 2.75) is 57.2 Å². The lowest BCUT2D eigenvalue weighted by Crippen LogP contribution is -2.58. The zero-order valence-corrected chi connectivity index (χ0v) is 16.9. The molecular weight excluding hydrogens is 388 g/mol. The Bertz CT molecular complexity index is 722. The minimum absolute atomic E-state index is 0.173. The van der Waals surface area contributed by atoms with E-state index in [1.165, 1.54) is 4.90 Å². The first kappa shape index (κ1) is 20.0. The van der Waals surface area contributed by atoms with Crippen LogP contribution in [-0.2, 0) is 9.59 Å². The summed E-state index contributed by atoms with van der Waals surface area (Å²) in [4.78, 5) is 38.4. The second-order valence-electron chi connectivity index (χ2n) is 7.32. The van der Waals surface area contributed by atoms with E-state index in [9.17, 15) is 14.4 Å². The van der Waals surface area contributed by atoms with Gasteiger partial charge in [0, 0.05) is 11.1 Å². The minimum Gasteiger partial charge on any atom is -0.478 e. The number of hydrogen-bond donors (Lipinski definition) is 1. The van der Waals surface area contributed by atoms with Crippen LogP contribution in [0.2, 0.25) is 5.02 Å². The van der Waals surface area contributed by atoms with Crippen LogP contribution in [0.4, 0.5) is 4.79 Å². The fraction of sp³-hybridized carbons (Fsp3) is 0.526. The molecule has 2 atom stereocenters. The zero-order chi connectivity index (χ0) is 19.6. The number of carbonyl (C=O) groups is 3. The van der Waals surface area contributed by atoms with Gasteiger partial charge < -0.3 is 10.1 Å². The van der Waals surface area contributed by atoms with Gasteiger partial charge in [0.25, 0.3) is 11.1 Å². The molecule has 0 bridgehead atoms. The summed E-state index contributed by atoms with van der Waals surface area (Å²) in [7, 11) is 0. The van der Waals surface area contributed by atoms with Crippen LogP contribution in [0.1, 0.15) is 39.5 Å². The van der Waals surface area contributed by atoms with Gasteiger partial charge in [0.1, 0.15) is 5.75 Å². The van der Waals surface area contributed by atoms with Gasteiger partial charge in [-0.15, -0.1) is 0 Å². The smallest absolute Gasteiger partial charge is 0.289 e. The lowest BCUT2D eigenvalue weighted by Gasteiger charge is -2.38. The first-order chi connectivity index (χ1) is 12.8. The molecule has 2 aliphatic rings. The highest BCUT2D eigenvalue weighted by atomic mass is 35.5. The summed E-state index contributed by atoms with van der Waals surface area (Å²) in [5.74, 6) is 0.274. The van der Waals surface area contributed by atoms with Crippen LogP contribution < -0.4 is 10.1 Å². The van der Waals surface area contributed by atoms with Crippen molar-refractivity contribution in [3.63, 3.8) is 0 Å². The van der Waals surface area contributed by atoms with Gasteiger partial charge in [-0.05, 0) is 51.0 Å². The molecule has 3 amide bonds. The Morgan fingerprint density at radius 1 is 1.22 bits per heavy atom. The maximum Gasteiger partial charge on any atom is 0.289 e. The van der Waals surface area contributed by atoms with Gasteiger partial charge in [0.15, 0.2) is 5.60 Å². The Labute approximate surface area is 167 Å². The SMILES string of the molecule is CC(C)(Oc1ccc(Cl)cc1)C(=O)N[C@H]1CCCC[C@@H]1N1C(=O)CSC1=O. The Balaban J connectivity index is 1.69. The molecule has 146 valence electrons. The van der Waals surface area contributed by atoms with E-state index in [0.717, 1.165) is 31.0 Å². The number of carbonyl (C=O) groups excluding carboxylic acids is 3. The van der Waals surface area contributed by atoms with Crippen molar-refractivity contribution >= 4 is 40.4 Å². The van der Waals surface area contributed by atoms with Gasteiger partial charge in [0.05, 0.1) is 11.8 Å². The van der Waals surface area contributed by atoms with Crippen molar-refractivity contribution in [1.82, 2.24) is 10.2 Å². The van der Waals surface area contributed by atoms with Gasteiger partial charge in [-0.25, -0.2) is 0 Å². The fourth-order valence-corrected chi connectivity index (χ4v) is 4.35.